The van der Waals surface area contributed by atoms with Gasteiger partial charge in [-0.2, -0.15) is 0 Å². The average molecular weight is 244 g/mol. The van der Waals surface area contributed by atoms with Crippen LogP contribution in [0.3, 0.4) is 0 Å². The van der Waals surface area contributed by atoms with Gasteiger partial charge >= 0.3 is 0 Å². The molecule has 0 spiro atoms. The molecule has 1 amide bonds. The van der Waals surface area contributed by atoms with Gasteiger partial charge in [0.15, 0.2) is 0 Å². The third kappa shape index (κ3) is 2.77. The van der Waals surface area contributed by atoms with Crippen LogP contribution in [0.5, 0.6) is 0 Å². The predicted octanol–water partition coefficient (Wildman–Crippen LogP) is -1.12. The van der Waals surface area contributed by atoms with Crippen molar-refractivity contribution < 1.29 is 19.0 Å². The van der Waals surface area contributed by atoms with Crippen LogP contribution in [0.25, 0.3) is 0 Å². The van der Waals surface area contributed by atoms with Crippen LogP contribution in [0.15, 0.2) is 0 Å². The van der Waals surface area contributed by atoms with Gasteiger partial charge in [-0.25, -0.2) is 0 Å². The molecule has 0 aromatic heterocycles. The molecule has 6 heteroatoms. The summed E-state index contributed by atoms with van der Waals surface area (Å²) in [6, 6.07) is -0.0357. The van der Waals surface area contributed by atoms with Gasteiger partial charge in [-0.15, -0.1) is 0 Å². The summed E-state index contributed by atoms with van der Waals surface area (Å²) in [4.78, 5) is 11.6. The van der Waals surface area contributed by atoms with Gasteiger partial charge in [0.05, 0.1) is 25.4 Å². The number of hydrogen-bond donors (Lipinski definition) is 2. The second kappa shape index (κ2) is 5.77. The Bertz CT molecular complexity index is 274. The fraction of sp³-hybridized carbons (Fsp3) is 0.909. The van der Waals surface area contributed by atoms with Gasteiger partial charge in [0, 0.05) is 25.7 Å². The van der Waals surface area contributed by atoms with Crippen molar-refractivity contribution in [2.75, 3.05) is 33.5 Å². The molecule has 2 rings (SSSR count). The smallest absolute Gasteiger partial charge is 0.246 e. The number of hydrogen-bond acceptors (Lipinski definition) is 5. The molecule has 1 saturated heterocycles. The van der Waals surface area contributed by atoms with Crippen molar-refractivity contribution in [3.63, 3.8) is 0 Å². The first-order valence-corrected chi connectivity index (χ1v) is 5.97. The van der Waals surface area contributed by atoms with Gasteiger partial charge in [-0.1, -0.05) is 0 Å². The minimum absolute atomic E-state index is 0.0189. The molecule has 1 saturated carbocycles. The zero-order valence-electron chi connectivity index (χ0n) is 10.1. The number of carbonyl (C=O) groups excluding carboxylic acids is 1. The number of ether oxygens (including phenoxy) is 3. The van der Waals surface area contributed by atoms with E-state index < -0.39 is 0 Å². The van der Waals surface area contributed by atoms with E-state index in [9.17, 15) is 4.79 Å². The van der Waals surface area contributed by atoms with Crippen molar-refractivity contribution >= 4 is 5.91 Å². The summed E-state index contributed by atoms with van der Waals surface area (Å²) in [6.45, 7) is 1.71. The van der Waals surface area contributed by atoms with Crippen molar-refractivity contribution in [3.05, 3.63) is 0 Å². The van der Waals surface area contributed by atoms with E-state index in [1.165, 1.54) is 0 Å². The molecule has 2 fully saturated rings. The molecule has 4 unspecified atom stereocenters. The summed E-state index contributed by atoms with van der Waals surface area (Å²) in [5, 5.41) is 2.86. The highest BCUT2D eigenvalue weighted by molar-refractivity contribution is 5.77. The highest BCUT2D eigenvalue weighted by Crippen LogP contribution is 2.37. The minimum Gasteiger partial charge on any atom is -0.382 e. The highest BCUT2D eigenvalue weighted by atomic mass is 16.5. The van der Waals surface area contributed by atoms with Crippen molar-refractivity contribution in [1.29, 1.82) is 0 Å². The highest BCUT2D eigenvalue weighted by Gasteiger charge is 2.52. The van der Waals surface area contributed by atoms with Gasteiger partial charge in [0.1, 0.15) is 6.61 Å². The van der Waals surface area contributed by atoms with Gasteiger partial charge in [0.25, 0.3) is 0 Å². The lowest BCUT2D eigenvalue weighted by atomic mass is 9.72. The molecule has 4 atom stereocenters. The van der Waals surface area contributed by atoms with Crippen LogP contribution >= 0.6 is 0 Å². The Labute approximate surface area is 101 Å². The topological polar surface area (TPSA) is 82.8 Å². The number of nitrogens with two attached hydrogens (primary N) is 1. The zero-order valence-corrected chi connectivity index (χ0v) is 10.1. The maximum absolute atomic E-state index is 11.6. The fourth-order valence-electron chi connectivity index (χ4n) is 2.46. The van der Waals surface area contributed by atoms with E-state index in [-0.39, 0.29) is 30.7 Å². The van der Waals surface area contributed by atoms with E-state index in [2.05, 4.69) is 5.32 Å². The SMILES string of the molecule is COCCOCC(=O)NC1C(N)C2CCOC21. The first-order chi connectivity index (χ1) is 8.24. The molecule has 0 aromatic carbocycles. The summed E-state index contributed by atoms with van der Waals surface area (Å²) in [5.74, 6) is 0.269. The summed E-state index contributed by atoms with van der Waals surface area (Å²) in [6.07, 6.45) is 1.11. The first-order valence-electron chi connectivity index (χ1n) is 5.97. The van der Waals surface area contributed by atoms with Crippen LogP contribution in [-0.2, 0) is 19.0 Å². The molecule has 0 radical (unpaired) electrons. The second-order valence-corrected chi connectivity index (χ2v) is 4.50. The molecule has 98 valence electrons. The average Bonchev–Trinajstić information content (AvgIpc) is 2.76. The van der Waals surface area contributed by atoms with Crippen molar-refractivity contribution in [3.8, 4) is 0 Å². The molecule has 1 aliphatic heterocycles. The van der Waals surface area contributed by atoms with E-state index in [0.29, 0.717) is 19.1 Å². The van der Waals surface area contributed by atoms with E-state index >= 15 is 0 Å². The van der Waals surface area contributed by atoms with Crippen LogP contribution in [-0.4, -0.2) is 57.6 Å². The maximum Gasteiger partial charge on any atom is 0.246 e. The first kappa shape index (κ1) is 12.8. The van der Waals surface area contributed by atoms with Crippen LogP contribution in [0, 0.1) is 5.92 Å². The summed E-state index contributed by atoms with van der Waals surface area (Å²) < 4.78 is 15.5. The molecule has 2 aliphatic rings. The van der Waals surface area contributed by atoms with Crippen LogP contribution in [0.1, 0.15) is 6.42 Å². The predicted molar refractivity (Wildman–Crippen MR) is 60.4 cm³/mol. The van der Waals surface area contributed by atoms with Crippen molar-refractivity contribution in [1.82, 2.24) is 5.32 Å². The number of carbonyl (C=O) groups is 1. The second-order valence-electron chi connectivity index (χ2n) is 4.50. The van der Waals surface area contributed by atoms with E-state index in [1.807, 2.05) is 0 Å². The fourth-order valence-corrected chi connectivity index (χ4v) is 2.46. The molecule has 1 aliphatic carbocycles. The Hall–Kier alpha value is -0.690. The third-order valence-electron chi connectivity index (χ3n) is 3.44. The molecule has 17 heavy (non-hydrogen) atoms. The van der Waals surface area contributed by atoms with E-state index in [4.69, 9.17) is 19.9 Å². The quantitative estimate of drug-likeness (QED) is 0.578. The molecule has 0 aromatic rings. The lowest BCUT2D eigenvalue weighted by molar-refractivity contribution is -0.130. The molecule has 3 N–H and O–H groups in total. The Morgan fingerprint density at radius 3 is 3.12 bits per heavy atom. The maximum atomic E-state index is 11.6. The monoisotopic (exact) mass is 244 g/mol. The largest absolute Gasteiger partial charge is 0.382 e. The number of rotatable bonds is 6. The van der Waals surface area contributed by atoms with Gasteiger partial charge < -0.3 is 25.3 Å². The Morgan fingerprint density at radius 1 is 1.53 bits per heavy atom. The van der Waals surface area contributed by atoms with Crippen LogP contribution < -0.4 is 11.1 Å². The standard InChI is InChI=1S/C11H20N2O4/c1-15-4-5-16-6-8(14)13-10-9(12)7-2-3-17-11(7)10/h7,9-11H,2-6,12H2,1H3,(H,13,14). The lowest BCUT2D eigenvalue weighted by Crippen LogP contribution is -2.69. The van der Waals surface area contributed by atoms with Crippen LogP contribution in [0.4, 0.5) is 0 Å². The van der Waals surface area contributed by atoms with Gasteiger partial charge in [-0.3, -0.25) is 4.79 Å². The molecule has 6 nitrogen and oxygen atoms in total. The van der Waals surface area contributed by atoms with Gasteiger partial charge in [-0.05, 0) is 6.42 Å². The Kier molecular flexibility index (Phi) is 4.33. The van der Waals surface area contributed by atoms with Crippen molar-refractivity contribution in [2.45, 2.75) is 24.6 Å². The summed E-state index contributed by atoms with van der Waals surface area (Å²) in [7, 11) is 1.59. The molecule has 0 bridgehead atoms. The number of nitrogens with one attached hydrogen (secondary N) is 1. The Morgan fingerprint density at radius 2 is 2.35 bits per heavy atom. The Balaban J connectivity index is 1.65. The van der Waals surface area contributed by atoms with E-state index in [1.54, 1.807) is 7.11 Å². The summed E-state index contributed by atoms with van der Waals surface area (Å²) >= 11 is 0. The summed E-state index contributed by atoms with van der Waals surface area (Å²) in [5.41, 5.74) is 5.98. The van der Waals surface area contributed by atoms with Crippen LogP contribution in [0.2, 0.25) is 0 Å². The van der Waals surface area contributed by atoms with Crippen molar-refractivity contribution in [2.24, 2.45) is 11.7 Å². The number of amides is 1. The van der Waals surface area contributed by atoms with E-state index in [0.717, 1.165) is 13.0 Å². The number of fused-ring (bicyclic) bond motifs is 1. The van der Waals surface area contributed by atoms with Gasteiger partial charge in [0.2, 0.25) is 5.91 Å². The minimum atomic E-state index is -0.143. The zero-order chi connectivity index (χ0) is 12.3. The normalized spacial score (nSPS) is 35.2. The third-order valence-corrected chi connectivity index (χ3v) is 3.44. The number of methoxy groups -OCH3 is 1. The molecular formula is C11H20N2O4. The lowest BCUT2D eigenvalue weighted by Gasteiger charge is -2.45. The molecular weight excluding hydrogens is 224 g/mol. The molecule has 1 heterocycles.